The van der Waals surface area contributed by atoms with Gasteiger partial charge in [-0.15, -0.1) is 0 Å². The summed E-state index contributed by atoms with van der Waals surface area (Å²) in [5.74, 6) is -3.59. The first-order valence-electron chi connectivity index (χ1n) is 10.9. The average molecular weight is 519 g/mol. The molecular weight excluding hydrogens is 483 g/mol. The molecule has 8 atom stereocenters. The van der Waals surface area contributed by atoms with E-state index < -0.39 is 63.8 Å². The maximum absolute atomic E-state index is 12.6. The molecule has 0 aliphatic carbocycles. The standard InChI is InChI=1S/C20H35N6O8P/c1-4-5-11(23)13(24)14(25-3)17(29)26-18-16(28)15(27)12(33-18)8-32-20(19(30)31)35-34-10(7-21)6-9(2)22/h9-10,12,15-16,18,20,27-28,35H,4-6,8,22-24H2,1-3H3,(H,26,29)(H,30,31). The molecule has 0 bridgehead atoms. The van der Waals surface area contributed by atoms with Crippen LogP contribution in [0.5, 0.6) is 0 Å². The molecule has 0 spiro atoms. The number of carboxylic acid groups (broad SMARTS) is 1. The van der Waals surface area contributed by atoms with Crippen molar-refractivity contribution in [3.63, 3.8) is 0 Å². The molecule has 1 fully saturated rings. The van der Waals surface area contributed by atoms with Crippen molar-refractivity contribution in [2.45, 2.75) is 75.6 Å². The molecule has 0 radical (unpaired) electrons. The van der Waals surface area contributed by atoms with Gasteiger partial charge in [0, 0.05) is 25.2 Å². The van der Waals surface area contributed by atoms with Crippen molar-refractivity contribution in [3.8, 4) is 6.07 Å². The van der Waals surface area contributed by atoms with Crippen LogP contribution in [-0.2, 0) is 23.6 Å². The van der Waals surface area contributed by atoms with Crippen LogP contribution in [0, 0.1) is 11.3 Å². The highest BCUT2D eigenvalue weighted by Gasteiger charge is 2.44. The molecule has 0 saturated carbocycles. The Morgan fingerprint density at radius 1 is 1.31 bits per heavy atom. The van der Waals surface area contributed by atoms with Crippen molar-refractivity contribution in [2.75, 3.05) is 13.7 Å². The number of carbonyl (C=O) groups is 2. The van der Waals surface area contributed by atoms with Crippen molar-refractivity contribution >= 4 is 26.4 Å². The van der Waals surface area contributed by atoms with Crippen LogP contribution >= 0.6 is 8.81 Å². The number of nitriles is 1. The van der Waals surface area contributed by atoms with E-state index in [1.807, 2.05) is 13.0 Å². The summed E-state index contributed by atoms with van der Waals surface area (Å²) in [5.41, 5.74) is 17.5. The van der Waals surface area contributed by atoms with Crippen LogP contribution in [-0.4, -0.2) is 89.1 Å². The molecule has 1 rings (SSSR count). The molecule has 1 amide bonds. The molecule has 0 aromatic carbocycles. The zero-order valence-electron chi connectivity index (χ0n) is 19.9. The topological polar surface area (TPSA) is 249 Å². The van der Waals surface area contributed by atoms with Gasteiger partial charge in [-0.05, 0) is 13.3 Å². The van der Waals surface area contributed by atoms with Crippen molar-refractivity contribution in [2.24, 2.45) is 22.2 Å². The molecule has 1 heterocycles. The van der Waals surface area contributed by atoms with E-state index in [9.17, 15) is 24.9 Å². The van der Waals surface area contributed by atoms with E-state index in [0.717, 1.165) is 0 Å². The van der Waals surface area contributed by atoms with Gasteiger partial charge < -0.3 is 51.8 Å². The summed E-state index contributed by atoms with van der Waals surface area (Å²) in [6.07, 6.45) is -5.10. The third-order valence-corrected chi connectivity index (χ3v) is 5.94. The van der Waals surface area contributed by atoms with Gasteiger partial charge in [0.25, 0.3) is 5.91 Å². The second-order valence-corrected chi connectivity index (χ2v) is 8.92. The summed E-state index contributed by atoms with van der Waals surface area (Å²) in [6, 6.07) is 1.56. The van der Waals surface area contributed by atoms with Gasteiger partial charge >= 0.3 is 5.97 Å². The molecule has 1 saturated heterocycles. The quantitative estimate of drug-likeness (QED) is 0.0995. The fraction of sp³-hybridized carbons (Fsp3) is 0.700. The fourth-order valence-electron chi connectivity index (χ4n) is 3.06. The van der Waals surface area contributed by atoms with Gasteiger partial charge in [0.15, 0.2) is 12.1 Å². The van der Waals surface area contributed by atoms with Gasteiger partial charge in [0.05, 0.1) is 27.2 Å². The van der Waals surface area contributed by atoms with E-state index >= 15 is 0 Å². The summed E-state index contributed by atoms with van der Waals surface area (Å²) in [5, 5.41) is 41.4. The first kappa shape index (κ1) is 30.7. The monoisotopic (exact) mass is 518 g/mol. The van der Waals surface area contributed by atoms with Gasteiger partial charge in [-0.2, -0.15) is 5.26 Å². The number of allylic oxidation sites excluding steroid dienone is 1. The Hall–Kier alpha value is -2.37. The molecule has 0 aromatic rings. The number of aliphatic hydroxyl groups excluding tert-OH is 2. The molecular formula is C20H35N6O8P. The molecule has 10 N–H and O–H groups in total. The minimum Gasteiger partial charge on any atom is -0.479 e. The highest BCUT2D eigenvalue weighted by Crippen LogP contribution is 2.27. The summed E-state index contributed by atoms with van der Waals surface area (Å²) in [7, 11) is 0.610. The van der Waals surface area contributed by atoms with Gasteiger partial charge in [-0.25, -0.2) is 4.79 Å². The van der Waals surface area contributed by atoms with Crippen molar-refractivity contribution in [1.29, 1.82) is 5.26 Å². The second-order valence-electron chi connectivity index (χ2n) is 7.93. The van der Waals surface area contributed by atoms with Crippen LogP contribution < -0.4 is 22.5 Å². The van der Waals surface area contributed by atoms with Crippen LogP contribution in [0.1, 0.15) is 33.1 Å². The van der Waals surface area contributed by atoms with E-state index in [2.05, 4.69) is 10.3 Å². The third kappa shape index (κ3) is 9.30. The highest BCUT2D eigenvalue weighted by molar-refractivity contribution is 7.34. The molecule has 0 aromatic heterocycles. The van der Waals surface area contributed by atoms with Crippen LogP contribution in [0.25, 0.3) is 0 Å². The van der Waals surface area contributed by atoms with E-state index in [0.29, 0.717) is 12.8 Å². The number of aliphatic carboxylic acids is 1. The lowest BCUT2D eigenvalue weighted by molar-refractivity contribution is -0.147. The minimum absolute atomic E-state index is 0.00948. The lowest BCUT2D eigenvalue weighted by Gasteiger charge is -2.20. The Balaban J connectivity index is 2.75. The van der Waals surface area contributed by atoms with Crippen molar-refractivity contribution in [1.82, 2.24) is 5.32 Å². The van der Waals surface area contributed by atoms with E-state index in [1.54, 1.807) is 6.92 Å². The highest BCUT2D eigenvalue weighted by atomic mass is 31.1. The molecule has 15 heteroatoms. The summed E-state index contributed by atoms with van der Waals surface area (Å²) in [6.45, 7) is 3.13. The molecule has 8 unspecified atom stereocenters. The maximum atomic E-state index is 12.6. The summed E-state index contributed by atoms with van der Waals surface area (Å²) in [4.78, 5) is 27.9. The molecule has 35 heavy (non-hydrogen) atoms. The second kappa shape index (κ2) is 14.9. The minimum atomic E-state index is -1.54. The van der Waals surface area contributed by atoms with Crippen LogP contribution in [0.2, 0.25) is 0 Å². The fourth-order valence-corrected chi connectivity index (χ4v) is 3.76. The maximum Gasteiger partial charge on any atom is 0.339 e. The lowest BCUT2D eigenvalue weighted by Crippen LogP contribution is -2.47. The number of hydrogen-bond donors (Lipinski definition) is 7. The zero-order valence-corrected chi connectivity index (χ0v) is 20.9. The Kier molecular flexibility index (Phi) is 13.1. The Labute approximate surface area is 205 Å². The number of nitrogens with two attached hydrogens (primary N) is 3. The van der Waals surface area contributed by atoms with E-state index in [-0.39, 0.29) is 29.6 Å². The largest absolute Gasteiger partial charge is 0.479 e. The summed E-state index contributed by atoms with van der Waals surface area (Å²) < 4.78 is 16.1. The number of ether oxygens (including phenoxy) is 2. The number of aliphatic hydroxyl groups is 2. The molecule has 1 aliphatic rings. The van der Waals surface area contributed by atoms with Crippen LogP contribution in [0.15, 0.2) is 16.4 Å². The number of aliphatic imine (C=N–C) groups is 1. The predicted octanol–water partition coefficient (Wildman–Crippen LogP) is -1.78. The first-order valence-corrected chi connectivity index (χ1v) is 11.9. The number of rotatable bonds is 14. The lowest BCUT2D eigenvalue weighted by atomic mass is 10.1. The normalized spacial score (nSPS) is 26.1. The first-order chi connectivity index (χ1) is 16.5. The van der Waals surface area contributed by atoms with Gasteiger partial charge in [0.2, 0.25) is 0 Å². The Bertz CT molecular complexity index is 833. The number of carboxylic acids is 1. The Morgan fingerprint density at radius 2 is 1.97 bits per heavy atom. The smallest absolute Gasteiger partial charge is 0.339 e. The van der Waals surface area contributed by atoms with Crippen molar-refractivity contribution < 1.29 is 38.9 Å². The zero-order chi connectivity index (χ0) is 26.7. The third-order valence-electron chi connectivity index (χ3n) is 4.89. The predicted molar refractivity (Wildman–Crippen MR) is 127 cm³/mol. The van der Waals surface area contributed by atoms with E-state index in [4.69, 9.17) is 36.5 Å². The number of hydrogen-bond acceptors (Lipinski definition) is 12. The number of amides is 1. The van der Waals surface area contributed by atoms with Crippen molar-refractivity contribution in [3.05, 3.63) is 11.4 Å². The molecule has 1 aliphatic heterocycles. The molecule has 14 nitrogen and oxygen atoms in total. The van der Waals surface area contributed by atoms with Gasteiger partial charge in [0.1, 0.15) is 30.1 Å². The Morgan fingerprint density at radius 3 is 2.49 bits per heavy atom. The van der Waals surface area contributed by atoms with Gasteiger partial charge in [-0.1, -0.05) is 13.3 Å². The SMILES string of the molecule is CCCC(N)=C(N)C(=NC)C(=O)NC1OC(COC(POC(C#N)CC(C)N)C(=O)O)C(O)C1O. The average Bonchev–Trinajstić information content (AvgIpc) is 3.05. The number of carbonyl (C=O) groups excluding carboxylic acids is 1. The van der Waals surface area contributed by atoms with E-state index in [1.165, 1.54) is 7.05 Å². The number of nitrogens with zero attached hydrogens (tertiary/aromatic N) is 2. The van der Waals surface area contributed by atoms with Gasteiger partial charge in [-0.3, -0.25) is 9.79 Å². The van der Waals surface area contributed by atoms with Crippen LogP contribution in [0.3, 0.4) is 0 Å². The van der Waals surface area contributed by atoms with Crippen LogP contribution in [0.4, 0.5) is 0 Å². The molecule has 198 valence electrons. The summed E-state index contributed by atoms with van der Waals surface area (Å²) >= 11 is 0. The number of nitrogens with one attached hydrogen (secondary N) is 1.